The van der Waals surface area contributed by atoms with Crippen molar-refractivity contribution in [3.8, 4) is 5.75 Å². The number of carbonyl (C=O) groups is 2. The number of benzene rings is 2. The van der Waals surface area contributed by atoms with Crippen LogP contribution in [0.25, 0.3) is 0 Å². The fourth-order valence-corrected chi connectivity index (χ4v) is 3.40. The van der Waals surface area contributed by atoms with Gasteiger partial charge in [-0.25, -0.2) is 4.79 Å². The van der Waals surface area contributed by atoms with Gasteiger partial charge in [0.05, 0.1) is 7.11 Å². The third-order valence-electron chi connectivity index (χ3n) is 4.88. The topological polar surface area (TPSA) is 73.9 Å². The highest BCUT2D eigenvalue weighted by atomic mass is 16.5. The van der Waals surface area contributed by atoms with E-state index < -0.39 is 0 Å². The smallest absolute Gasteiger partial charge is 0.321 e. The van der Waals surface area contributed by atoms with Crippen molar-refractivity contribution in [2.24, 2.45) is 0 Å². The molecule has 0 atom stereocenters. The molecule has 1 aliphatic rings. The molecule has 2 N–H and O–H groups in total. The van der Waals surface area contributed by atoms with Gasteiger partial charge in [-0.1, -0.05) is 18.2 Å². The molecular weight excluding hydrogens is 368 g/mol. The van der Waals surface area contributed by atoms with Crippen molar-refractivity contribution in [3.63, 3.8) is 0 Å². The van der Waals surface area contributed by atoms with Gasteiger partial charge in [-0.2, -0.15) is 0 Å². The van der Waals surface area contributed by atoms with E-state index in [4.69, 9.17) is 4.74 Å². The number of hydrogen-bond donors (Lipinski definition) is 2. The number of nitrogens with zero attached hydrogens (tertiary/aromatic N) is 2. The SMILES string of the molecule is COc1ccc(CN2CCCN(C(=O)Nc3cccc(NC(C)=O)c3)CC2)cc1. The van der Waals surface area contributed by atoms with E-state index >= 15 is 0 Å². The molecule has 3 amide bonds. The summed E-state index contributed by atoms with van der Waals surface area (Å²) in [6, 6.07) is 15.2. The number of hydrogen-bond acceptors (Lipinski definition) is 4. The quantitative estimate of drug-likeness (QED) is 0.812. The van der Waals surface area contributed by atoms with Gasteiger partial charge < -0.3 is 20.3 Å². The molecular formula is C22H28N4O3. The normalized spacial score (nSPS) is 14.8. The lowest BCUT2D eigenvalue weighted by Crippen LogP contribution is -2.38. The molecule has 0 aliphatic carbocycles. The van der Waals surface area contributed by atoms with E-state index in [-0.39, 0.29) is 11.9 Å². The minimum atomic E-state index is -0.141. The number of methoxy groups -OCH3 is 1. The van der Waals surface area contributed by atoms with Crippen molar-refractivity contribution in [1.82, 2.24) is 9.80 Å². The van der Waals surface area contributed by atoms with Gasteiger partial charge in [-0.05, 0) is 42.3 Å². The molecule has 0 aromatic heterocycles. The average molecular weight is 396 g/mol. The number of rotatable bonds is 5. The Bertz CT molecular complexity index is 838. The summed E-state index contributed by atoms with van der Waals surface area (Å²) in [4.78, 5) is 28.1. The summed E-state index contributed by atoms with van der Waals surface area (Å²) < 4.78 is 5.21. The number of carbonyl (C=O) groups excluding carboxylic acids is 2. The van der Waals surface area contributed by atoms with Gasteiger partial charge in [0, 0.05) is 51.0 Å². The molecule has 1 saturated heterocycles. The summed E-state index contributed by atoms with van der Waals surface area (Å²) in [6.45, 7) is 5.49. The van der Waals surface area contributed by atoms with E-state index in [2.05, 4.69) is 27.7 Å². The van der Waals surface area contributed by atoms with Gasteiger partial charge in [-0.15, -0.1) is 0 Å². The second-order valence-corrected chi connectivity index (χ2v) is 7.16. The fraction of sp³-hybridized carbons (Fsp3) is 0.364. The Balaban J connectivity index is 1.53. The van der Waals surface area contributed by atoms with Crippen molar-refractivity contribution >= 4 is 23.3 Å². The van der Waals surface area contributed by atoms with E-state index in [9.17, 15) is 9.59 Å². The molecule has 7 heteroatoms. The highest BCUT2D eigenvalue weighted by Crippen LogP contribution is 2.17. The molecule has 2 aromatic rings. The van der Waals surface area contributed by atoms with Crippen LogP contribution in [0.1, 0.15) is 18.9 Å². The summed E-state index contributed by atoms with van der Waals surface area (Å²) in [5.74, 6) is 0.716. The average Bonchev–Trinajstić information content (AvgIpc) is 2.94. The molecule has 0 saturated carbocycles. The number of nitrogens with one attached hydrogen (secondary N) is 2. The Kier molecular flexibility index (Phi) is 7.08. The molecule has 1 aliphatic heterocycles. The predicted octanol–water partition coefficient (Wildman–Crippen LogP) is 3.39. The lowest BCUT2D eigenvalue weighted by molar-refractivity contribution is -0.114. The van der Waals surface area contributed by atoms with E-state index in [0.717, 1.165) is 38.3 Å². The van der Waals surface area contributed by atoms with Crippen molar-refractivity contribution in [2.45, 2.75) is 19.9 Å². The van der Waals surface area contributed by atoms with Crippen LogP contribution in [0, 0.1) is 0 Å². The maximum Gasteiger partial charge on any atom is 0.321 e. The fourth-order valence-electron chi connectivity index (χ4n) is 3.40. The zero-order valence-corrected chi connectivity index (χ0v) is 17.0. The Hall–Kier alpha value is -3.06. The molecule has 1 fully saturated rings. The van der Waals surface area contributed by atoms with Crippen LogP contribution >= 0.6 is 0 Å². The third kappa shape index (κ3) is 6.22. The molecule has 0 radical (unpaired) electrons. The number of anilines is 2. The van der Waals surface area contributed by atoms with Crippen LogP contribution in [0.5, 0.6) is 5.75 Å². The zero-order chi connectivity index (χ0) is 20.6. The van der Waals surface area contributed by atoms with Crippen LogP contribution in [0.3, 0.4) is 0 Å². The van der Waals surface area contributed by atoms with E-state index in [0.29, 0.717) is 17.9 Å². The van der Waals surface area contributed by atoms with Crippen LogP contribution < -0.4 is 15.4 Å². The summed E-state index contributed by atoms with van der Waals surface area (Å²) >= 11 is 0. The predicted molar refractivity (Wildman–Crippen MR) is 114 cm³/mol. The molecule has 1 heterocycles. The van der Waals surface area contributed by atoms with Crippen molar-refractivity contribution in [2.75, 3.05) is 43.9 Å². The molecule has 29 heavy (non-hydrogen) atoms. The van der Waals surface area contributed by atoms with Gasteiger partial charge >= 0.3 is 6.03 Å². The summed E-state index contributed by atoms with van der Waals surface area (Å²) in [7, 11) is 1.67. The first kappa shape index (κ1) is 20.7. The standard InChI is InChI=1S/C22H28N4O3/c1-17(27)23-19-5-3-6-20(15-19)24-22(28)26-12-4-11-25(13-14-26)16-18-7-9-21(29-2)10-8-18/h3,5-10,15H,4,11-14,16H2,1-2H3,(H,23,27)(H,24,28). The van der Waals surface area contributed by atoms with Crippen molar-refractivity contribution < 1.29 is 14.3 Å². The molecule has 0 spiro atoms. The molecule has 0 bridgehead atoms. The molecule has 7 nitrogen and oxygen atoms in total. The molecule has 0 unspecified atom stereocenters. The highest BCUT2D eigenvalue weighted by molar-refractivity contribution is 5.92. The minimum Gasteiger partial charge on any atom is -0.497 e. The van der Waals surface area contributed by atoms with Crippen LogP contribution in [0.15, 0.2) is 48.5 Å². The van der Waals surface area contributed by atoms with Crippen molar-refractivity contribution in [1.29, 1.82) is 0 Å². The first-order chi connectivity index (χ1) is 14.0. The van der Waals surface area contributed by atoms with Gasteiger partial charge in [0.15, 0.2) is 0 Å². The second-order valence-electron chi connectivity index (χ2n) is 7.16. The monoisotopic (exact) mass is 396 g/mol. The Morgan fingerprint density at radius 2 is 1.69 bits per heavy atom. The molecule has 3 rings (SSSR count). The van der Waals surface area contributed by atoms with Crippen LogP contribution in [0.4, 0.5) is 16.2 Å². The van der Waals surface area contributed by atoms with Gasteiger partial charge in [0.25, 0.3) is 0 Å². The molecule has 2 aromatic carbocycles. The summed E-state index contributed by atoms with van der Waals surface area (Å²) in [5, 5.41) is 5.66. The Morgan fingerprint density at radius 3 is 2.38 bits per heavy atom. The maximum atomic E-state index is 12.7. The lowest BCUT2D eigenvalue weighted by Gasteiger charge is -2.22. The third-order valence-corrected chi connectivity index (χ3v) is 4.88. The van der Waals surface area contributed by atoms with Gasteiger partial charge in [-0.3, -0.25) is 9.69 Å². The van der Waals surface area contributed by atoms with Gasteiger partial charge in [0.1, 0.15) is 5.75 Å². The second kappa shape index (κ2) is 9.93. The van der Waals surface area contributed by atoms with E-state index in [1.54, 1.807) is 25.3 Å². The van der Waals surface area contributed by atoms with Crippen LogP contribution in [-0.4, -0.2) is 55.0 Å². The first-order valence-corrected chi connectivity index (χ1v) is 9.82. The highest BCUT2D eigenvalue weighted by Gasteiger charge is 2.19. The Morgan fingerprint density at radius 1 is 0.966 bits per heavy atom. The van der Waals surface area contributed by atoms with E-state index in [1.165, 1.54) is 12.5 Å². The Labute approximate surface area is 171 Å². The van der Waals surface area contributed by atoms with E-state index in [1.807, 2.05) is 23.1 Å². The van der Waals surface area contributed by atoms with Crippen LogP contribution in [-0.2, 0) is 11.3 Å². The van der Waals surface area contributed by atoms with Crippen molar-refractivity contribution in [3.05, 3.63) is 54.1 Å². The lowest BCUT2D eigenvalue weighted by atomic mass is 10.2. The summed E-state index contributed by atoms with van der Waals surface area (Å²) in [6.07, 6.45) is 0.926. The number of amides is 3. The molecule has 154 valence electrons. The minimum absolute atomic E-state index is 0.115. The number of ether oxygens (including phenoxy) is 1. The van der Waals surface area contributed by atoms with Crippen LogP contribution in [0.2, 0.25) is 0 Å². The maximum absolute atomic E-state index is 12.7. The summed E-state index contributed by atoms with van der Waals surface area (Å²) in [5.41, 5.74) is 2.57. The van der Waals surface area contributed by atoms with Gasteiger partial charge in [0.2, 0.25) is 5.91 Å². The number of urea groups is 1. The first-order valence-electron chi connectivity index (χ1n) is 9.82. The zero-order valence-electron chi connectivity index (χ0n) is 17.0. The largest absolute Gasteiger partial charge is 0.497 e.